The van der Waals surface area contributed by atoms with Gasteiger partial charge in [0.1, 0.15) is 12.2 Å². The van der Waals surface area contributed by atoms with Crippen molar-refractivity contribution in [3.63, 3.8) is 0 Å². The molecular weight excluding hydrogens is 280 g/mol. The summed E-state index contributed by atoms with van der Waals surface area (Å²) < 4.78 is 52.3. The third kappa shape index (κ3) is 2.61. The SMILES string of the molecule is Cn1cnnc1C1CCCN(C(=O)C(F)(F)C(F)F)C1. The molecule has 112 valence electrons. The molecule has 1 unspecified atom stereocenters. The van der Waals surface area contributed by atoms with Crippen molar-refractivity contribution in [1.82, 2.24) is 19.7 Å². The molecule has 20 heavy (non-hydrogen) atoms. The van der Waals surface area contributed by atoms with Crippen LogP contribution in [0.5, 0.6) is 0 Å². The predicted molar refractivity (Wildman–Crippen MR) is 60.5 cm³/mol. The standard InChI is InChI=1S/C11H14F4N4O/c1-18-6-16-17-8(18)7-3-2-4-19(5-7)10(20)11(14,15)9(12)13/h6-7,9H,2-5H2,1H3. The number of carbonyl (C=O) groups is 1. The summed E-state index contributed by atoms with van der Waals surface area (Å²) >= 11 is 0. The maximum Gasteiger partial charge on any atom is 0.383 e. The zero-order valence-corrected chi connectivity index (χ0v) is 10.8. The molecule has 0 aromatic carbocycles. The van der Waals surface area contributed by atoms with E-state index in [1.54, 1.807) is 11.6 Å². The normalized spacial score (nSPS) is 20.5. The zero-order valence-electron chi connectivity index (χ0n) is 10.8. The number of carbonyl (C=O) groups excluding carboxylic acids is 1. The Hall–Kier alpha value is -1.67. The fourth-order valence-corrected chi connectivity index (χ4v) is 2.34. The average Bonchev–Trinajstić information content (AvgIpc) is 2.84. The molecule has 1 saturated heterocycles. The minimum atomic E-state index is -4.64. The largest absolute Gasteiger partial charge is 0.383 e. The number of alkyl halides is 4. The molecule has 1 fully saturated rings. The molecule has 1 aromatic heterocycles. The van der Waals surface area contributed by atoms with E-state index in [1.165, 1.54) is 6.33 Å². The number of amides is 1. The summed E-state index contributed by atoms with van der Waals surface area (Å²) in [5.41, 5.74) is 0. The van der Waals surface area contributed by atoms with Crippen molar-refractivity contribution in [2.45, 2.75) is 31.1 Å². The number of aryl methyl sites for hydroxylation is 1. The lowest BCUT2D eigenvalue weighted by atomic mass is 9.96. The van der Waals surface area contributed by atoms with Crippen LogP contribution in [-0.4, -0.2) is 51.0 Å². The van der Waals surface area contributed by atoms with Gasteiger partial charge in [-0.3, -0.25) is 4.79 Å². The van der Waals surface area contributed by atoms with Crippen molar-refractivity contribution in [1.29, 1.82) is 0 Å². The van der Waals surface area contributed by atoms with Crippen molar-refractivity contribution in [3.8, 4) is 0 Å². The Morgan fingerprint density at radius 2 is 2.20 bits per heavy atom. The van der Waals surface area contributed by atoms with Crippen molar-refractivity contribution in [2.75, 3.05) is 13.1 Å². The van der Waals surface area contributed by atoms with Gasteiger partial charge in [-0.15, -0.1) is 10.2 Å². The van der Waals surface area contributed by atoms with Crippen molar-refractivity contribution in [3.05, 3.63) is 12.2 Å². The quantitative estimate of drug-likeness (QED) is 0.792. The molecule has 1 aliphatic heterocycles. The number of nitrogens with zero attached hydrogens (tertiary/aromatic N) is 4. The Morgan fingerprint density at radius 3 is 2.75 bits per heavy atom. The predicted octanol–water partition coefficient (Wildman–Crippen LogP) is 1.42. The van der Waals surface area contributed by atoms with Gasteiger partial charge in [0.25, 0.3) is 5.91 Å². The van der Waals surface area contributed by atoms with Gasteiger partial charge >= 0.3 is 12.3 Å². The molecule has 0 aliphatic carbocycles. The molecule has 9 heteroatoms. The minimum absolute atomic E-state index is 0.0479. The van der Waals surface area contributed by atoms with E-state index in [1.807, 2.05) is 0 Å². The zero-order chi connectivity index (χ0) is 14.9. The molecule has 0 spiro atoms. The lowest BCUT2D eigenvalue weighted by molar-refractivity contribution is -0.181. The summed E-state index contributed by atoms with van der Waals surface area (Å²) in [6.45, 7) is 0.00315. The molecule has 1 aromatic rings. The second kappa shape index (κ2) is 5.37. The molecule has 0 bridgehead atoms. The fourth-order valence-electron chi connectivity index (χ4n) is 2.34. The minimum Gasteiger partial charge on any atom is -0.337 e. The number of hydrogen-bond donors (Lipinski definition) is 0. The maximum atomic E-state index is 13.1. The van der Waals surface area contributed by atoms with Crippen LogP contribution in [0.25, 0.3) is 0 Å². The van der Waals surface area contributed by atoms with E-state index in [0.717, 1.165) is 4.90 Å². The van der Waals surface area contributed by atoms with Crippen LogP contribution in [0.15, 0.2) is 6.33 Å². The molecule has 1 atom stereocenters. The Morgan fingerprint density at radius 1 is 1.50 bits per heavy atom. The van der Waals surface area contributed by atoms with Gasteiger partial charge in [0.05, 0.1) is 0 Å². The van der Waals surface area contributed by atoms with Gasteiger partial charge in [-0.2, -0.15) is 8.78 Å². The highest BCUT2D eigenvalue weighted by Crippen LogP contribution is 2.30. The third-order valence-electron chi connectivity index (χ3n) is 3.38. The molecule has 2 rings (SSSR count). The molecule has 0 saturated carbocycles. The maximum absolute atomic E-state index is 13.1. The summed E-state index contributed by atoms with van der Waals surface area (Å²) in [6.07, 6.45) is -1.42. The van der Waals surface area contributed by atoms with E-state index in [-0.39, 0.29) is 19.0 Å². The molecule has 1 aliphatic rings. The molecular formula is C11H14F4N4O. The van der Waals surface area contributed by atoms with Crippen LogP contribution in [0.2, 0.25) is 0 Å². The van der Waals surface area contributed by atoms with Crippen molar-refractivity contribution < 1.29 is 22.4 Å². The van der Waals surface area contributed by atoms with Gasteiger partial charge in [0.2, 0.25) is 0 Å². The Bertz CT molecular complexity index is 491. The average molecular weight is 294 g/mol. The van der Waals surface area contributed by atoms with Crippen LogP contribution < -0.4 is 0 Å². The van der Waals surface area contributed by atoms with Crippen LogP contribution in [0.4, 0.5) is 17.6 Å². The summed E-state index contributed by atoms with van der Waals surface area (Å²) in [5, 5.41) is 7.56. The Labute approximate surface area is 112 Å². The summed E-state index contributed by atoms with van der Waals surface area (Å²) in [4.78, 5) is 12.3. The lowest BCUT2D eigenvalue weighted by Crippen LogP contribution is -2.50. The second-order valence-electron chi connectivity index (χ2n) is 4.81. The molecule has 2 heterocycles. The Balaban J connectivity index is 2.11. The van der Waals surface area contributed by atoms with Crippen LogP contribution in [0, 0.1) is 0 Å². The molecule has 0 radical (unpaired) electrons. The number of aromatic nitrogens is 3. The van der Waals surface area contributed by atoms with Gasteiger partial charge in [0, 0.05) is 26.1 Å². The first kappa shape index (κ1) is 14.7. The van der Waals surface area contributed by atoms with Gasteiger partial charge in [-0.05, 0) is 12.8 Å². The summed E-state index contributed by atoms with van der Waals surface area (Å²) in [5.74, 6) is -6.17. The number of halogens is 4. The monoisotopic (exact) mass is 294 g/mol. The fraction of sp³-hybridized carbons (Fsp3) is 0.727. The number of rotatable bonds is 3. The van der Waals surface area contributed by atoms with Gasteiger partial charge in [-0.25, -0.2) is 8.78 Å². The van der Waals surface area contributed by atoms with Crippen molar-refractivity contribution in [2.24, 2.45) is 7.05 Å². The highest BCUT2D eigenvalue weighted by molar-refractivity contribution is 5.84. The molecule has 5 nitrogen and oxygen atoms in total. The van der Waals surface area contributed by atoms with Crippen molar-refractivity contribution >= 4 is 5.91 Å². The highest BCUT2D eigenvalue weighted by Gasteiger charge is 2.51. The number of hydrogen-bond acceptors (Lipinski definition) is 3. The van der Waals surface area contributed by atoms with E-state index in [9.17, 15) is 22.4 Å². The van der Waals surface area contributed by atoms with E-state index >= 15 is 0 Å². The van der Waals surface area contributed by atoms with Crippen LogP contribution >= 0.6 is 0 Å². The topological polar surface area (TPSA) is 51.0 Å². The van der Waals surface area contributed by atoms with E-state index < -0.39 is 18.3 Å². The van der Waals surface area contributed by atoms with Gasteiger partial charge in [0.15, 0.2) is 0 Å². The summed E-state index contributed by atoms with van der Waals surface area (Å²) in [6, 6.07) is 0. The molecule has 1 amide bonds. The smallest absolute Gasteiger partial charge is 0.337 e. The first-order valence-electron chi connectivity index (χ1n) is 6.13. The summed E-state index contributed by atoms with van der Waals surface area (Å²) in [7, 11) is 1.70. The second-order valence-corrected chi connectivity index (χ2v) is 4.81. The number of piperidine rings is 1. The van der Waals surface area contributed by atoms with Crippen LogP contribution in [0.3, 0.4) is 0 Å². The van der Waals surface area contributed by atoms with E-state index in [2.05, 4.69) is 10.2 Å². The van der Waals surface area contributed by atoms with Crippen LogP contribution in [-0.2, 0) is 11.8 Å². The molecule has 0 N–H and O–H groups in total. The first-order valence-corrected chi connectivity index (χ1v) is 6.13. The lowest BCUT2D eigenvalue weighted by Gasteiger charge is -2.34. The van der Waals surface area contributed by atoms with E-state index in [0.29, 0.717) is 18.7 Å². The van der Waals surface area contributed by atoms with E-state index in [4.69, 9.17) is 0 Å². The van der Waals surface area contributed by atoms with Gasteiger partial charge < -0.3 is 9.47 Å². The number of likely N-dealkylation sites (tertiary alicyclic amines) is 1. The third-order valence-corrected chi connectivity index (χ3v) is 3.38. The Kier molecular flexibility index (Phi) is 3.96. The highest BCUT2D eigenvalue weighted by atomic mass is 19.3. The van der Waals surface area contributed by atoms with Crippen LogP contribution in [0.1, 0.15) is 24.6 Å². The van der Waals surface area contributed by atoms with Gasteiger partial charge in [-0.1, -0.05) is 0 Å². The first-order chi connectivity index (χ1) is 9.34.